The third-order valence-electron chi connectivity index (χ3n) is 4.67. The normalized spacial score (nSPS) is 14.9. The molecule has 3 aromatic heterocycles. The molecule has 9 heteroatoms. The Kier molecular flexibility index (Phi) is 4.99. The van der Waals surface area contributed by atoms with Gasteiger partial charge in [-0.15, -0.1) is 0 Å². The van der Waals surface area contributed by atoms with Crippen LogP contribution in [-0.2, 0) is 11.3 Å². The van der Waals surface area contributed by atoms with Crippen LogP contribution in [-0.4, -0.2) is 48.7 Å². The van der Waals surface area contributed by atoms with Gasteiger partial charge in [0.15, 0.2) is 5.82 Å². The summed E-state index contributed by atoms with van der Waals surface area (Å²) in [6, 6.07) is 5.71. The van der Waals surface area contributed by atoms with Gasteiger partial charge in [-0.2, -0.15) is 5.10 Å². The molecule has 138 valence electrons. The number of piperidine rings is 1. The van der Waals surface area contributed by atoms with Crippen LogP contribution in [0.1, 0.15) is 18.4 Å². The second-order valence-electron chi connectivity index (χ2n) is 6.41. The van der Waals surface area contributed by atoms with Crippen LogP contribution in [0.4, 0.5) is 5.82 Å². The summed E-state index contributed by atoms with van der Waals surface area (Å²) < 4.78 is 1.60. The van der Waals surface area contributed by atoms with Gasteiger partial charge in [0.2, 0.25) is 5.91 Å². The van der Waals surface area contributed by atoms with E-state index in [-0.39, 0.29) is 11.8 Å². The van der Waals surface area contributed by atoms with Gasteiger partial charge >= 0.3 is 0 Å². The summed E-state index contributed by atoms with van der Waals surface area (Å²) in [5.41, 5.74) is 1.00. The van der Waals surface area contributed by atoms with Crippen LogP contribution in [0.5, 0.6) is 0 Å². The summed E-state index contributed by atoms with van der Waals surface area (Å²) in [5, 5.41) is 7.10. The van der Waals surface area contributed by atoms with Gasteiger partial charge in [0.05, 0.1) is 0 Å². The van der Waals surface area contributed by atoms with E-state index in [4.69, 9.17) is 0 Å². The second kappa shape index (κ2) is 7.90. The minimum absolute atomic E-state index is 0.0227. The smallest absolute Gasteiger partial charge is 0.223 e. The highest BCUT2D eigenvalue weighted by Crippen LogP contribution is 2.22. The Morgan fingerprint density at radius 1 is 1.15 bits per heavy atom. The van der Waals surface area contributed by atoms with E-state index in [1.807, 2.05) is 18.2 Å². The van der Waals surface area contributed by atoms with Gasteiger partial charge in [-0.3, -0.25) is 9.78 Å². The zero-order valence-corrected chi connectivity index (χ0v) is 14.8. The number of anilines is 1. The van der Waals surface area contributed by atoms with E-state index >= 15 is 0 Å². The van der Waals surface area contributed by atoms with Gasteiger partial charge in [0, 0.05) is 44.0 Å². The predicted molar refractivity (Wildman–Crippen MR) is 98.0 cm³/mol. The van der Waals surface area contributed by atoms with Crippen molar-refractivity contribution in [2.45, 2.75) is 19.4 Å². The molecule has 9 nitrogen and oxygen atoms in total. The summed E-state index contributed by atoms with van der Waals surface area (Å²) in [4.78, 5) is 31.2. The molecule has 1 aliphatic rings. The molecule has 0 aliphatic carbocycles. The molecule has 0 bridgehead atoms. The molecule has 0 atom stereocenters. The van der Waals surface area contributed by atoms with Crippen LogP contribution in [0.2, 0.25) is 0 Å². The average Bonchev–Trinajstić information content (AvgIpc) is 3.28. The highest BCUT2D eigenvalue weighted by molar-refractivity contribution is 5.79. The molecule has 1 aliphatic heterocycles. The summed E-state index contributed by atoms with van der Waals surface area (Å²) in [5.74, 6) is 1.64. The molecular weight excluding hydrogens is 344 g/mol. The lowest BCUT2D eigenvalue weighted by atomic mass is 9.96. The van der Waals surface area contributed by atoms with E-state index in [2.05, 4.69) is 35.3 Å². The standard InChI is InChI=1S/C18H20N8O/c27-18(21-10-14-2-1-5-19-9-14)15-3-6-25(7-4-15)16-8-17(23-12-22-16)26-13-20-11-24-26/h1-2,5,8-9,11-13,15H,3-4,6-7,10H2,(H,21,27). The van der Waals surface area contributed by atoms with Gasteiger partial charge in [-0.25, -0.2) is 19.6 Å². The van der Waals surface area contributed by atoms with Crippen molar-refractivity contribution in [3.8, 4) is 5.82 Å². The molecule has 0 saturated carbocycles. The van der Waals surface area contributed by atoms with Crippen molar-refractivity contribution in [2.24, 2.45) is 5.92 Å². The first-order chi connectivity index (χ1) is 13.3. The monoisotopic (exact) mass is 364 g/mol. The van der Waals surface area contributed by atoms with E-state index < -0.39 is 0 Å². The van der Waals surface area contributed by atoms with Crippen LogP contribution in [0.25, 0.3) is 5.82 Å². The van der Waals surface area contributed by atoms with E-state index in [1.165, 1.54) is 12.7 Å². The molecule has 1 N–H and O–H groups in total. The van der Waals surface area contributed by atoms with E-state index in [1.54, 1.807) is 23.4 Å². The van der Waals surface area contributed by atoms with E-state index in [0.717, 1.165) is 37.3 Å². The minimum Gasteiger partial charge on any atom is -0.356 e. The van der Waals surface area contributed by atoms with Crippen LogP contribution in [0, 0.1) is 5.92 Å². The number of hydrogen-bond acceptors (Lipinski definition) is 7. The quantitative estimate of drug-likeness (QED) is 0.720. The first kappa shape index (κ1) is 17.1. The van der Waals surface area contributed by atoms with Crippen LogP contribution < -0.4 is 10.2 Å². The zero-order chi connectivity index (χ0) is 18.5. The molecule has 0 unspecified atom stereocenters. The molecule has 1 fully saturated rings. The molecular formula is C18H20N8O. The molecule has 4 heterocycles. The first-order valence-electron chi connectivity index (χ1n) is 8.88. The first-order valence-corrected chi connectivity index (χ1v) is 8.88. The number of carbonyl (C=O) groups is 1. The number of nitrogens with one attached hydrogen (secondary N) is 1. The van der Waals surface area contributed by atoms with Crippen molar-refractivity contribution < 1.29 is 4.79 Å². The van der Waals surface area contributed by atoms with Crippen molar-refractivity contribution in [1.82, 2.24) is 35.0 Å². The van der Waals surface area contributed by atoms with Gasteiger partial charge in [-0.05, 0) is 24.5 Å². The number of pyridine rings is 1. The predicted octanol–water partition coefficient (Wildman–Crippen LogP) is 0.985. The lowest BCUT2D eigenvalue weighted by Gasteiger charge is -2.32. The average molecular weight is 364 g/mol. The fourth-order valence-electron chi connectivity index (χ4n) is 3.17. The number of aromatic nitrogens is 6. The van der Waals surface area contributed by atoms with Crippen molar-refractivity contribution in [3.05, 3.63) is 55.1 Å². The summed E-state index contributed by atoms with van der Waals surface area (Å²) in [6.07, 6.45) is 9.68. The minimum atomic E-state index is 0.0227. The van der Waals surface area contributed by atoms with Crippen LogP contribution >= 0.6 is 0 Å². The Hall–Kier alpha value is -3.36. The Morgan fingerprint density at radius 2 is 2.00 bits per heavy atom. The topological polar surface area (TPSA) is 102 Å². The summed E-state index contributed by atoms with van der Waals surface area (Å²) in [6.45, 7) is 2.07. The lowest BCUT2D eigenvalue weighted by molar-refractivity contribution is -0.125. The second-order valence-corrected chi connectivity index (χ2v) is 6.41. The maximum absolute atomic E-state index is 12.4. The van der Waals surface area contributed by atoms with Crippen LogP contribution in [0.15, 0.2) is 49.6 Å². The van der Waals surface area contributed by atoms with Crippen molar-refractivity contribution in [2.75, 3.05) is 18.0 Å². The number of nitrogens with zero attached hydrogens (tertiary/aromatic N) is 7. The Morgan fingerprint density at radius 3 is 2.74 bits per heavy atom. The Balaban J connectivity index is 1.32. The van der Waals surface area contributed by atoms with Gasteiger partial charge in [0.25, 0.3) is 0 Å². The van der Waals surface area contributed by atoms with Crippen molar-refractivity contribution >= 4 is 11.7 Å². The third kappa shape index (κ3) is 4.08. The molecule has 0 aromatic carbocycles. The Labute approximate surface area is 156 Å². The summed E-state index contributed by atoms with van der Waals surface area (Å²) in [7, 11) is 0. The summed E-state index contributed by atoms with van der Waals surface area (Å²) >= 11 is 0. The molecule has 0 spiro atoms. The molecule has 27 heavy (non-hydrogen) atoms. The highest BCUT2D eigenvalue weighted by Gasteiger charge is 2.25. The third-order valence-corrected chi connectivity index (χ3v) is 4.67. The SMILES string of the molecule is O=C(NCc1cccnc1)C1CCN(c2cc(-n3cncn3)ncn2)CC1. The van der Waals surface area contributed by atoms with Gasteiger partial charge in [-0.1, -0.05) is 6.07 Å². The van der Waals surface area contributed by atoms with E-state index in [0.29, 0.717) is 12.4 Å². The molecule has 1 saturated heterocycles. The van der Waals surface area contributed by atoms with Crippen molar-refractivity contribution in [1.29, 1.82) is 0 Å². The number of carbonyl (C=O) groups excluding carboxylic acids is 1. The maximum Gasteiger partial charge on any atom is 0.223 e. The highest BCUT2D eigenvalue weighted by atomic mass is 16.1. The Bertz CT molecular complexity index is 875. The zero-order valence-electron chi connectivity index (χ0n) is 14.8. The largest absolute Gasteiger partial charge is 0.356 e. The molecule has 4 rings (SSSR count). The molecule has 0 radical (unpaired) electrons. The molecule has 1 amide bonds. The lowest BCUT2D eigenvalue weighted by Crippen LogP contribution is -2.40. The number of rotatable bonds is 5. The van der Waals surface area contributed by atoms with Gasteiger partial charge < -0.3 is 10.2 Å². The maximum atomic E-state index is 12.4. The molecule has 3 aromatic rings. The van der Waals surface area contributed by atoms with Crippen molar-refractivity contribution in [3.63, 3.8) is 0 Å². The van der Waals surface area contributed by atoms with E-state index in [9.17, 15) is 4.79 Å². The fourth-order valence-corrected chi connectivity index (χ4v) is 3.17. The van der Waals surface area contributed by atoms with Gasteiger partial charge in [0.1, 0.15) is 24.8 Å². The fraction of sp³-hybridized carbons (Fsp3) is 0.333. The number of hydrogen-bond donors (Lipinski definition) is 1. The van der Waals surface area contributed by atoms with Crippen LogP contribution in [0.3, 0.4) is 0 Å². The number of amides is 1.